The van der Waals surface area contributed by atoms with Gasteiger partial charge in [0.25, 0.3) is 0 Å². The first-order valence-electron chi connectivity index (χ1n) is 5.56. The molecule has 1 N–H and O–H groups in total. The van der Waals surface area contributed by atoms with Gasteiger partial charge in [-0.2, -0.15) is 0 Å². The SMILES string of the molecule is CCCCCOCC(=O)N(C)[C@H](C)C(=O)O. The van der Waals surface area contributed by atoms with Gasteiger partial charge < -0.3 is 14.7 Å². The first-order valence-corrected chi connectivity index (χ1v) is 5.56. The molecule has 0 unspecified atom stereocenters. The molecular weight excluding hydrogens is 210 g/mol. The number of hydrogen-bond acceptors (Lipinski definition) is 3. The number of aliphatic carboxylic acids is 1. The van der Waals surface area contributed by atoms with Gasteiger partial charge in [0.1, 0.15) is 12.6 Å². The summed E-state index contributed by atoms with van der Waals surface area (Å²) in [6.45, 7) is 4.07. The lowest BCUT2D eigenvalue weighted by Gasteiger charge is -2.21. The Hall–Kier alpha value is -1.10. The topological polar surface area (TPSA) is 66.8 Å². The summed E-state index contributed by atoms with van der Waals surface area (Å²) in [6, 6.07) is -0.813. The molecule has 0 aliphatic carbocycles. The first-order chi connectivity index (χ1) is 7.50. The van der Waals surface area contributed by atoms with Gasteiger partial charge >= 0.3 is 5.97 Å². The van der Waals surface area contributed by atoms with Crippen molar-refractivity contribution in [1.82, 2.24) is 4.90 Å². The van der Waals surface area contributed by atoms with Crippen molar-refractivity contribution < 1.29 is 19.4 Å². The normalized spacial score (nSPS) is 12.2. The molecule has 16 heavy (non-hydrogen) atoms. The van der Waals surface area contributed by atoms with Crippen LogP contribution in [0.5, 0.6) is 0 Å². The number of carboxylic acids is 1. The molecule has 0 fully saturated rings. The van der Waals surface area contributed by atoms with Crippen LogP contribution in [0.25, 0.3) is 0 Å². The van der Waals surface area contributed by atoms with Crippen LogP contribution in [0.4, 0.5) is 0 Å². The number of rotatable bonds is 8. The summed E-state index contributed by atoms with van der Waals surface area (Å²) in [5, 5.41) is 8.71. The third-order valence-corrected chi connectivity index (χ3v) is 2.45. The number of carboxylic acid groups (broad SMARTS) is 1. The minimum absolute atomic E-state index is 0.0438. The molecule has 5 heteroatoms. The van der Waals surface area contributed by atoms with Crippen LogP contribution in [0.2, 0.25) is 0 Å². The summed E-state index contributed by atoms with van der Waals surface area (Å²) < 4.78 is 5.16. The van der Waals surface area contributed by atoms with Crippen LogP contribution in [-0.2, 0) is 14.3 Å². The third-order valence-electron chi connectivity index (χ3n) is 2.45. The maximum Gasteiger partial charge on any atom is 0.326 e. The van der Waals surface area contributed by atoms with Crippen molar-refractivity contribution in [2.24, 2.45) is 0 Å². The predicted octanol–water partition coefficient (Wildman–Crippen LogP) is 1.12. The van der Waals surface area contributed by atoms with Crippen LogP contribution in [0, 0.1) is 0 Å². The molecule has 0 aliphatic rings. The average Bonchev–Trinajstić information content (AvgIpc) is 2.26. The van der Waals surface area contributed by atoms with Crippen molar-refractivity contribution >= 4 is 11.9 Å². The molecule has 0 rings (SSSR count). The zero-order valence-electron chi connectivity index (χ0n) is 10.2. The Morgan fingerprint density at radius 1 is 1.38 bits per heavy atom. The second-order valence-electron chi connectivity index (χ2n) is 3.78. The van der Waals surface area contributed by atoms with Gasteiger partial charge in [-0.3, -0.25) is 4.79 Å². The Labute approximate surface area is 96.4 Å². The molecule has 0 saturated carbocycles. The van der Waals surface area contributed by atoms with Crippen LogP contribution in [0.1, 0.15) is 33.1 Å². The number of carbonyl (C=O) groups is 2. The average molecular weight is 231 g/mol. The lowest BCUT2D eigenvalue weighted by Crippen LogP contribution is -2.42. The second-order valence-corrected chi connectivity index (χ2v) is 3.78. The highest BCUT2D eigenvalue weighted by atomic mass is 16.5. The highest BCUT2D eigenvalue weighted by Gasteiger charge is 2.21. The van der Waals surface area contributed by atoms with Gasteiger partial charge in [0, 0.05) is 13.7 Å². The van der Waals surface area contributed by atoms with Crippen molar-refractivity contribution in [3.05, 3.63) is 0 Å². The van der Waals surface area contributed by atoms with E-state index in [-0.39, 0.29) is 12.5 Å². The summed E-state index contributed by atoms with van der Waals surface area (Å²) in [5.41, 5.74) is 0. The molecular formula is C11H21NO4. The Kier molecular flexibility index (Phi) is 7.54. The molecule has 0 heterocycles. The summed E-state index contributed by atoms with van der Waals surface area (Å²) in [6.07, 6.45) is 3.12. The van der Waals surface area contributed by atoms with E-state index in [9.17, 15) is 9.59 Å². The molecule has 0 radical (unpaired) electrons. The molecule has 1 atom stereocenters. The molecule has 0 spiro atoms. The molecule has 0 saturated heterocycles. The lowest BCUT2D eigenvalue weighted by atomic mass is 10.3. The van der Waals surface area contributed by atoms with Crippen molar-refractivity contribution in [3.63, 3.8) is 0 Å². The summed E-state index contributed by atoms with van der Waals surface area (Å²) >= 11 is 0. The van der Waals surface area contributed by atoms with Crippen LogP contribution < -0.4 is 0 Å². The summed E-state index contributed by atoms with van der Waals surface area (Å²) in [5.74, 6) is -1.31. The smallest absolute Gasteiger partial charge is 0.326 e. The number of nitrogens with zero attached hydrogens (tertiary/aromatic N) is 1. The van der Waals surface area contributed by atoms with Crippen molar-refractivity contribution in [2.45, 2.75) is 39.2 Å². The Morgan fingerprint density at radius 2 is 2.00 bits per heavy atom. The number of amides is 1. The summed E-state index contributed by atoms with van der Waals surface area (Å²) in [7, 11) is 1.47. The van der Waals surface area contributed by atoms with E-state index < -0.39 is 12.0 Å². The Bertz CT molecular complexity index is 230. The van der Waals surface area contributed by atoms with E-state index in [4.69, 9.17) is 9.84 Å². The molecule has 0 aromatic rings. The van der Waals surface area contributed by atoms with E-state index in [0.717, 1.165) is 19.3 Å². The van der Waals surface area contributed by atoms with Crippen LogP contribution in [0.15, 0.2) is 0 Å². The fraction of sp³-hybridized carbons (Fsp3) is 0.818. The van der Waals surface area contributed by atoms with E-state index in [1.54, 1.807) is 0 Å². The van der Waals surface area contributed by atoms with Gasteiger partial charge in [0.05, 0.1) is 0 Å². The van der Waals surface area contributed by atoms with E-state index in [2.05, 4.69) is 6.92 Å². The van der Waals surface area contributed by atoms with Crippen molar-refractivity contribution in [1.29, 1.82) is 0 Å². The largest absolute Gasteiger partial charge is 0.480 e. The fourth-order valence-electron chi connectivity index (χ4n) is 1.10. The van der Waals surface area contributed by atoms with Crippen molar-refractivity contribution in [3.8, 4) is 0 Å². The number of carbonyl (C=O) groups excluding carboxylic acids is 1. The quantitative estimate of drug-likeness (QED) is 0.636. The predicted molar refractivity (Wildman–Crippen MR) is 60.2 cm³/mol. The van der Waals surface area contributed by atoms with E-state index in [1.807, 2.05) is 0 Å². The standard InChI is InChI=1S/C11H21NO4/c1-4-5-6-7-16-8-10(13)12(3)9(2)11(14)15/h9H,4-8H2,1-3H3,(H,14,15)/t9-/m1/s1. The number of likely N-dealkylation sites (N-methyl/N-ethyl adjacent to an activating group) is 1. The third kappa shape index (κ3) is 5.70. The molecule has 5 nitrogen and oxygen atoms in total. The maximum absolute atomic E-state index is 11.5. The zero-order valence-corrected chi connectivity index (χ0v) is 10.2. The van der Waals surface area contributed by atoms with E-state index >= 15 is 0 Å². The minimum atomic E-state index is -1.01. The highest BCUT2D eigenvalue weighted by Crippen LogP contribution is 1.98. The Balaban J connectivity index is 3.75. The minimum Gasteiger partial charge on any atom is -0.480 e. The fourth-order valence-corrected chi connectivity index (χ4v) is 1.10. The Morgan fingerprint density at radius 3 is 2.50 bits per heavy atom. The highest BCUT2D eigenvalue weighted by molar-refractivity contribution is 5.83. The molecule has 0 aromatic carbocycles. The molecule has 0 bridgehead atoms. The van der Waals surface area contributed by atoms with Gasteiger partial charge in [-0.25, -0.2) is 4.79 Å². The molecule has 1 amide bonds. The van der Waals surface area contributed by atoms with E-state index in [1.165, 1.54) is 18.9 Å². The van der Waals surface area contributed by atoms with Crippen LogP contribution in [0.3, 0.4) is 0 Å². The molecule has 0 aromatic heterocycles. The van der Waals surface area contributed by atoms with Gasteiger partial charge in [0.2, 0.25) is 5.91 Å². The van der Waals surface area contributed by atoms with Crippen LogP contribution >= 0.6 is 0 Å². The van der Waals surface area contributed by atoms with E-state index in [0.29, 0.717) is 6.61 Å². The summed E-state index contributed by atoms with van der Waals surface area (Å²) in [4.78, 5) is 23.3. The number of hydrogen-bond donors (Lipinski definition) is 1. The molecule has 0 aliphatic heterocycles. The van der Waals surface area contributed by atoms with Crippen LogP contribution in [-0.4, -0.2) is 48.2 Å². The number of unbranched alkanes of at least 4 members (excludes halogenated alkanes) is 2. The zero-order chi connectivity index (χ0) is 12.6. The molecule has 94 valence electrons. The maximum atomic E-state index is 11.5. The first kappa shape index (κ1) is 14.9. The lowest BCUT2D eigenvalue weighted by molar-refractivity contribution is -0.150. The van der Waals surface area contributed by atoms with Gasteiger partial charge in [-0.15, -0.1) is 0 Å². The van der Waals surface area contributed by atoms with Gasteiger partial charge in [-0.1, -0.05) is 19.8 Å². The van der Waals surface area contributed by atoms with Gasteiger partial charge in [-0.05, 0) is 13.3 Å². The second kappa shape index (κ2) is 8.10. The number of ether oxygens (including phenoxy) is 1. The van der Waals surface area contributed by atoms with Gasteiger partial charge in [0.15, 0.2) is 0 Å². The van der Waals surface area contributed by atoms with Crippen molar-refractivity contribution in [2.75, 3.05) is 20.3 Å². The monoisotopic (exact) mass is 231 g/mol.